The van der Waals surface area contributed by atoms with Crippen LogP contribution in [0.2, 0.25) is 0 Å². The first-order valence-corrected chi connectivity index (χ1v) is 9.15. The second kappa shape index (κ2) is 6.06. The first-order valence-electron chi connectivity index (χ1n) is 8.33. The Hall–Kier alpha value is -2.57. The first-order chi connectivity index (χ1) is 12.3. The molecule has 0 radical (unpaired) electrons. The van der Waals surface area contributed by atoms with Crippen LogP contribution in [-0.4, -0.2) is 28.3 Å². The smallest absolute Gasteiger partial charge is 0.223 e. The molecule has 1 saturated heterocycles. The van der Waals surface area contributed by atoms with Crippen LogP contribution >= 0.6 is 11.3 Å². The summed E-state index contributed by atoms with van der Waals surface area (Å²) in [7, 11) is 0. The molecule has 4 aromatic rings. The molecule has 2 aromatic heterocycles. The van der Waals surface area contributed by atoms with E-state index in [1.54, 1.807) is 11.3 Å². The molecule has 3 heterocycles. The fraction of sp³-hybridized carbons (Fsp3) is 0.211. The van der Waals surface area contributed by atoms with E-state index < -0.39 is 0 Å². The molecule has 0 amide bonds. The van der Waals surface area contributed by atoms with Gasteiger partial charge in [0.25, 0.3) is 0 Å². The highest BCUT2D eigenvalue weighted by Gasteiger charge is 2.25. The predicted octanol–water partition coefficient (Wildman–Crippen LogP) is 3.62. The minimum Gasteiger partial charge on any atom is -0.424 e. The molecule has 0 spiro atoms. The lowest BCUT2D eigenvalue weighted by Gasteiger charge is -2.22. The molecule has 0 aliphatic carbocycles. The molecule has 5 nitrogen and oxygen atoms in total. The van der Waals surface area contributed by atoms with Gasteiger partial charge in [0.2, 0.25) is 11.8 Å². The standard InChI is InChI=1S/C19H16N4OS/c1-2-4-12(5-3-1)13-6-7-15-16(8-13)25-18(21-15)9-17-22-23-19(24-17)14-10-20-11-14/h1-8,14,20H,9-11H2. The van der Waals surface area contributed by atoms with E-state index in [0.29, 0.717) is 18.2 Å². The van der Waals surface area contributed by atoms with Gasteiger partial charge in [-0.25, -0.2) is 4.98 Å². The van der Waals surface area contributed by atoms with Crippen LogP contribution in [0.4, 0.5) is 0 Å². The van der Waals surface area contributed by atoms with Crippen molar-refractivity contribution in [1.29, 1.82) is 0 Å². The number of benzene rings is 2. The summed E-state index contributed by atoms with van der Waals surface area (Å²) >= 11 is 1.69. The van der Waals surface area contributed by atoms with Gasteiger partial charge in [0, 0.05) is 13.1 Å². The van der Waals surface area contributed by atoms with Crippen molar-refractivity contribution < 1.29 is 4.42 Å². The quantitative estimate of drug-likeness (QED) is 0.610. The summed E-state index contributed by atoms with van der Waals surface area (Å²) in [5.41, 5.74) is 3.44. The molecular formula is C19H16N4OS. The lowest BCUT2D eigenvalue weighted by atomic mass is 10.0. The maximum Gasteiger partial charge on any atom is 0.223 e. The second-order valence-electron chi connectivity index (χ2n) is 6.22. The lowest BCUT2D eigenvalue weighted by molar-refractivity contribution is 0.347. The Balaban J connectivity index is 1.41. The van der Waals surface area contributed by atoms with Gasteiger partial charge in [-0.1, -0.05) is 36.4 Å². The number of nitrogens with zero attached hydrogens (tertiary/aromatic N) is 3. The minimum atomic E-state index is 0.366. The summed E-state index contributed by atoms with van der Waals surface area (Å²) in [6.07, 6.45) is 0.590. The molecule has 25 heavy (non-hydrogen) atoms. The predicted molar refractivity (Wildman–Crippen MR) is 97.8 cm³/mol. The van der Waals surface area contributed by atoms with E-state index in [4.69, 9.17) is 9.40 Å². The van der Waals surface area contributed by atoms with Crippen molar-refractivity contribution in [2.45, 2.75) is 12.3 Å². The summed E-state index contributed by atoms with van der Waals surface area (Å²) in [6, 6.07) is 16.8. The van der Waals surface area contributed by atoms with Crippen molar-refractivity contribution >= 4 is 21.6 Å². The van der Waals surface area contributed by atoms with Crippen LogP contribution in [0.1, 0.15) is 22.7 Å². The van der Waals surface area contributed by atoms with Crippen molar-refractivity contribution in [3.63, 3.8) is 0 Å². The van der Waals surface area contributed by atoms with Gasteiger partial charge in [-0.05, 0) is 23.3 Å². The molecular weight excluding hydrogens is 332 g/mol. The minimum absolute atomic E-state index is 0.366. The third kappa shape index (κ3) is 2.83. The maximum atomic E-state index is 5.78. The van der Waals surface area contributed by atoms with E-state index >= 15 is 0 Å². The summed E-state index contributed by atoms with van der Waals surface area (Å²) in [5.74, 6) is 1.75. The average Bonchev–Trinajstić information content (AvgIpc) is 3.20. The van der Waals surface area contributed by atoms with Crippen LogP contribution in [-0.2, 0) is 6.42 Å². The van der Waals surface area contributed by atoms with Gasteiger partial charge >= 0.3 is 0 Å². The van der Waals surface area contributed by atoms with E-state index in [0.717, 1.165) is 29.5 Å². The molecule has 0 atom stereocenters. The van der Waals surface area contributed by atoms with Gasteiger partial charge in [0.1, 0.15) is 5.01 Å². The Bertz CT molecular complexity index is 1020. The Morgan fingerprint density at radius 3 is 2.72 bits per heavy atom. The van der Waals surface area contributed by atoms with Crippen LogP contribution in [0.25, 0.3) is 21.3 Å². The topological polar surface area (TPSA) is 63.8 Å². The van der Waals surface area contributed by atoms with Gasteiger partial charge < -0.3 is 9.73 Å². The van der Waals surface area contributed by atoms with Crippen LogP contribution in [0.3, 0.4) is 0 Å². The molecule has 1 aliphatic rings. The fourth-order valence-corrected chi connectivity index (χ4v) is 3.95. The Kier molecular flexibility index (Phi) is 3.57. The molecule has 1 fully saturated rings. The van der Waals surface area contributed by atoms with Gasteiger partial charge in [-0.15, -0.1) is 21.5 Å². The molecule has 1 N–H and O–H groups in total. The molecule has 2 aromatic carbocycles. The zero-order valence-electron chi connectivity index (χ0n) is 13.5. The third-order valence-corrected chi connectivity index (χ3v) is 5.47. The fourth-order valence-electron chi connectivity index (χ4n) is 2.95. The summed E-state index contributed by atoms with van der Waals surface area (Å²) in [5, 5.41) is 12.6. The Labute approximate surface area is 148 Å². The van der Waals surface area contributed by atoms with Gasteiger partial charge in [-0.2, -0.15) is 0 Å². The van der Waals surface area contributed by atoms with Crippen LogP contribution in [0, 0.1) is 0 Å². The summed E-state index contributed by atoms with van der Waals surface area (Å²) < 4.78 is 6.96. The number of hydrogen-bond donors (Lipinski definition) is 1. The number of thiazole rings is 1. The highest BCUT2D eigenvalue weighted by atomic mass is 32.1. The molecule has 0 saturated carbocycles. The van der Waals surface area contributed by atoms with Crippen molar-refractivity contribution in [1.82, 2.24) is 20.5 Å². The number of aromatic nitrogens is 3. The molecule has 1 aliphatic heterocycles. The number of rotatable bonds is 4. The number of nitrogens with one attached hydrogen (secondary N) is 1. The zero-order valence-corrected chi connectivity index (χ0v) is 14.3. The van der Waals surface area contributed by atoms with Crippen molar-refractivity contribution in [3.05, 3.63) is 65.3 Å². The van der Waals surface area contributed by atoms with E-state index in [1.165, 1.54) is 15.8 Å². The Morgan fingerprint density at radius 2 is 1.92 bits per heavy atom. The van der Waals surface area contributed by atoms with Crippen molar-refractivity contribution in [3.8, 4) is 11.1 Å². The SMILES string of the molecule is c1ccc(-c2ccc3nc(Cc4nnc(C5CNC5)o4)sc3c2)cc1. The third-order valence-electron chi connectivity index (χ3n) is 4.46. The monoisotopic (exact) mass is 348 g/mol. The zero-order chi connectivity index (χ0) is 16.6. The van der Waals surface area contributed by atoms with E-state index in [9.17, 15) is 0 Å². The van der Waals surface area contributed by atoms with Crippen molar-refractivity contribution in [2.75, 3.05) is 13.1 Å². The van der Waals surface area contributed by atoms with Crippen molar-refractivity contribution in [2.24, 2.45) is 0 Å². The van der Waals surface area contributed by atoms with Crippen LogP contribution in [0.15, 0.2) is 52.9 Å². The summed E-state index contributed by atoms with van der Waals surface area (Å²) in [6.45, 7) is 1.84. The van der Waals surface area contributed by atoms with E-state index in [-0.39, 0.29) is 0 Å². The van der Waals surface area contributed by atoms with E-state index in [2.05, 4.69) is 58.0 Å². The molecule has 124 valence electrons. The van der Waals surface area contributed by atoms with E-state index in [1.807, 2.05) is 6.07 Å². The van der Waals surface area contributed by atoms with Gasteiger partial charge in [-0.3, -0.25) is 0 Å². The molecule has 5 rings (SSSR count). The normalized spacial score (nSPS) is 14.7. The van der Waals surface area contributed by atoms with Gasteiger partial charge in [0.15, 0.2) is 0 Å². The van der Waals surface area contributed by atoms with Crippen LogP contribution < -0.4 is 5.32 Å². The average molecular weight is 348 g/mol. The summed E-state index contributed by atoms with van der Waals surface area (Å²) in [4.78, 5) is 4.71. The number of fused-ring (bicyclic) bond motifs is 1. The lowest BCUT2D eigenvalue weighted by Crippen LogP contribution is -2.40. The molecule has 0 bridgehead atoms. The van der Waals surface area contributed by atoms with Crippen LogP contribution in [0.5, 0.6) is 0 Å². The highest BCUT2D eigenvalue weighted by molar-refractivity contribution is 7.18. The second-order valence-corrected chi connectivity index (χ2v) is 7.34. The largest absolute Gasteiger partial charge is 0.424 e. The number of hydrogen-bond acceptors (Lipinski definition) is 6. The Morgan fingerprint density at radius 1 is 1.04 bits per heavy atom. The maximum absolute atomic E-state index is 5.78. The molecule has 6 heteroatoms. The highest BCUT2D eigenvalue weighted by Crippen LogP contribution is 2.29. The van der Waals surface area contributed by atoms with Gasteiger partial charge in [0.05, 0.1) is 22.6 Å². The first kappa shape index (κ1) is 14.7. The molecule has 0 unspecified atom stereocenters.